The lowest BCUT2D eigenvalue weighted by molar-refractivity contribution is 0.583. The van der Waals surface area contributed by atoms with Crippen LogP contribution in [0.25, 0.3) is 0 Å². The quantitative estimate of drug-likeness (QED) is 0.936. The van der Waals surface area contributed by atoms with Gasteiger partial charge >= 0.3 is 0 Å². The molecule has 0 amide bonds. The minimum atomic E-state index is -3.39. The molecule has 1 aromatic carbocycles. The fourth-order valence-electron chi connectivity index (χ4n) is 1.61. The molecule has 0 bridgehead atoms. The molecule has 5 heteroatoms. The summed E-state index contributed by atoms with van der Waals surface area (Å²) < 4.78 is 27.1. The van der Waals surface area contributed by atoms with Gasteiger partial charge in [-0.15, -0.1) is 11.3 Å². The molecule has 2 aromatic rings. The highest BCUT2D eigenvalue weighted by Crippen LogP contribution is 2.20. The van der Waals surface area contributed by atoms with Crippen molar-refractivity contribution in [3.8, 4) is 0 Å². The molecule has 18 heavy (non-hydrogen) atoms. The standard InChI is InChI=1S/C13H15NO2S2/c1-10-5-3-4-6-12(10)9-14-18(15,16)13-8-7-11(2)17-13/h3-8,14H,9H2,1-2H3. The van der Waals surface area contributed by atoms with Gasteiger partial charge in [-0.2, -0.15) is 0 Å². The van der Waals surface area contributed by atoms with E-state index in [0.29, 0.717) is 10.8 Å². The van der Waals surface area contributed by atoms with Gasteiger partial charge in [-0.05, 0) is 37.1 Å². The Morgan fingerprint density at radius 3 is 2.44 bits per heavy atom. The zero-order valence-corrected chi connectivity index (χ0v) is 11.9. The number of rotatable bonds is 4. The maximum atomic E-state index is 12.0. The number of hydrogen-bond donors (Lipinski definition) is 1. The number of nitrogens with one attached hydrogen (secondary N) is 1. The average Bonchev–Trinajstić information content (AvgIpc) is 2.76. The van der Waals surface area contributed by atoms with E-state index in [-0.39, 0.29) is 0 Å². The number of aryl methyl sites for hydroxylation is 2. The second kappa shape index (κ2) is 5.22. The van der Waals surface area contributed by atoms with Crippen LogP contribution in [-0.2, 0) is 16.6 Å². The van der Waals surface area contributed by atoms with E-state index in [4.69, 9.17) is 0 Å². The molecule has 96 valence electrons. The molecule has 0 spiro atoms. The first kappa shape index (κ1) is 13.3. The summed E-state index contributed by atoms with van der Waals surface area (Å²) in [5.74, 6) is 0. The number of benzene rings is 1. The first-order chi connectivity index (χ1) is 8.49. The van der Waals surface area contributed by atoms with E-state index in [1.807, 2.05) is 44.2 Å². The molecule has 0 atom stereocenters. The largest absolute Gasteiger partial charge is 0.250 e. The molecule has 0 unspecified atom stereocenters. The number of hydrogen-bond acceptors (Lipinski definition) is 3. The van der Waals surface area contributed by atoms with Crippen molar-refractivity contribution in [2.24, 2.45) is 0 Å². The van der Waals surface area contributed by atoms with Crippen molar-refractivity contribution in [1.82, 2.24) is 4.72 Å². The van der Waals surface area contributed by atoms with Gasteiger partial charge in [-0.1, -0.05) is 24.3 Å². The van der Waals surface area contributed by atoms with Gasteiger partial charge in [0.15, 0.2) is 0 Å². The molecular weight excluding hydrogens is 266 g/mol. The van der Waals surface area contributed by atoms with E-state index in [1.165, 1.54) is 11.3 Å². The normalized spacial score (nSPS) is 11.7. The molecule has 1 heterocycles. The Hall–Kier alpha value is -1.17. The Balaban J connectivity index is 2.13. The van der Waals surface area contributed by atoms with Gasteiger partial charge in [-0.3, -0.25) is 0 Å². The second-order valence-electron chi connectivity index (χ2n) is 4.12. The Labute approximate surface area is 112 Å². The highest BCUT2D eigenvalue weighted by molar-refractivity contribution is 7.91. The van der Waals surface area contributed by atoms with E-state index >= 15 is 0 Å². The van der Waals surface area contributed by atoms with Gasteiger partial charge < -0.3 is 0 Å². The Morgan fingerprint density at radius 1 is 1.11 bits per heavy atom. The van der Waals surface area contributed by atoms with Gasteiger partial charge in [0.05, 0.1) is 0 Å². The van der Waals surface area contributed by atoms with Crippen LogP contribution in [-0.4, -0.2) is 8.42 Å². The molecule has 1 aromatic heterocycles. The molecule has 0 aliphatic rings. The third-order valence-corrected chi connectivity index (χ3v) is 5.59. The fraction of sp³-hybridized carbons (Fsp3) is 0.231. The van der Waals surface area contributed by atoms with Crippen LogP contribution in [0.4, 0.5) is 0 Å². The second-order valence-corrected chi connectivity index (χ2v) is 7.40. The molecule has 2 rings (SSSR count). The van der Waals surface area contributed by atoms with Crippen LogP contribution in [0.5, 0.6) is 0 Å². The van der Waals surface area contributed by atoms with E-state index in [9.17, 15) is 8.42 Å². The van der Waals surface area contributed by atoms with Gasteiger partial charge in [0, 0.05) is 11.4 Å². The molecule has 0 aliphatic heterocycles. The van der Waals surface area contributed by atoms with Crippen molar-refractivity contribution in [2.45, 2.75) is 24.6 Å². The summed E-state index contributed by atoms with van der Waals surface area (Å²) in [7, 11) is -3.39. The first-order valence-corrected chi connectivity index (χ1v) is 7.89. The predicted molar refractivity (Wildman–Crippen MR) is 74.3 cm³/mol. The third kappa shape index (κ3) is 2.98. The average molecular weight is 281 g/mol. The molecule has 0 saturated carbocycles. The Bertz CT molecular complexity index is 645. The van der Waals surface area contributed by atoms with E-state index < -0.39 is 10.0 Å². The SMILES string of the molecule is Cc1ccc(S(=O)(=O)NCc2ccccc2C)s1. The van der Waals surface area contributed by atoms with Gasteiger partial charge in [0.2, 0.25) is 10.0 Å². The summed E-state index contributed by atoms with van der Waals surface area (Å²) in [6.45, 7) is 4.19. The predicted octanol–water partition coefficient (Wildman–Crippen LogP) is 2.84. The molecule has 0 fully saturated rings. The van der Waals surface area contributed by atoms with E-state index in [0.717, 1.165) is 16.0 Å². The lowest BCUT2D eigenvalue weighted by atomic mass is 10.1. The summed E-state index contributed by atoms with van der Waals surface area (Å²) in [6.07, 6.45) is 0. The Kier molecular flexibility index (Phi) is 3.85. The smallest absolute Gasteiger partial charge is 0.206 e. The summed E-state index contributed by atoms with van der Waals surface area (Å²) in [5, 5.41) is 0. The van der Waals surface area contributed by atoms with E-state index in [1.54, 1.807) is 6.07 Å². The van der Waals surface area contributed by atoms with Crippen LogP contribution in [0.3, 0.4) is 0 Å². The molecule has 0 radical (unpaired) electrons. The van der Waals surface area contributed by atoms with Crippen molar-refractivity contribution in [2.75, 3.05) is 0 Å². The number of thiophene rings is 1. The fourth-order valence-corrected chi connectivity index (χ4v) is 3.94. The maximum absolute atomic E-state index is 12.0. The highest BCUT2D eigenvalue weighted by Gasteiger charge is 2.15. The highest BCUT2D eigenvalue weighted by atomic mass is 32.2. The molecule has 0 saturated heterocycles. The van der Waals surface area contributed by atoms with Gasteiger partial charge in [0.25, 0.3) is 0 Å². The van der Waals surface area contributed by atoms with E-state index in [2.05, 4.69) is 4.72 Å². The van der Waals surface area contributed by atoms with Crippen LogP contribution >= 0.6 is 11.3 Å². The van der Waals surface area contributed by atoms with Crippen LogP contribution in [0.15, 0.2) is 40.6 Å². The minimum Gasteiger partial charge on any atom is -0.206 e. The lowest BCUT2D eigenvalue weighted by Gasteiger charge is -2.07. The number of sulfonamides is 1. The zero-order chi connectivity index (χ0) is 13.2. The van der Waals surface area contributed by atoms with Crippen molar-refractivity contribution < 1.29 is 8.42 Å². The Morgan fingerprint density at radius 2 is 1.83 bits per heavy atom. The van der Waals surface area contributed by atoms with Crippen LogP contribution in [0.1, 0.15) is 16.0 Å². The summed E-state index contributed by atoms with van der Waals surface area (Å²) in [5.41, 5.74) is 2.08. The lowest BCUT2D eigenvalue weighted by Crippen LogP contribution is -2.22. The molecule has 0 aliphatic carbocycles. The third-order valence-electron chi connectivity index (χ3n) is 2.69. The first-order valence-electron chi connectivity index (χ1n) is 5.59. The monoisotopic (exact) mass is 281 g/mol. The maximum Gasteiger partial charge on any atom is 0.250 e. The van der Waals surface area contributed by atoms with Crippen molar-refractivity contribution in [3.63, 3.8) is 0 Å². The van der Waals surface area contributed by atoms with Crippen LogP contribution in [0.2, 0.25) is 0 Å². The topological polar surface area (TPSA) is 46.2 Å². The summed E-state index contributed by atoms with van der Waals surface area (Å²) in [6, 6.07) is 11.2. The molecular formula is C13H15NO2S2. The van der Waals surface area contributed by atoms with Gasteiger partial charge in [0.1, 0.15) is 4.21 Å². The van der Waals surface area contributed by atoms with Crippen molar-refractivity contribution in [3.05, 3.63) is 52.4 Å². The van der Waals surface area contributed by atoms with Crippen LogP contribution in [0, 0.1) is 13.8 Å². The zero-order valence-electron chi connectivity index (χ0n) is 10.3. The van der Waals surface area contributed by atoms with Crippen molar-refractivity contribution >= 4 is 21.4 Å². The van der Waals surface area contributed by atoms with Crippen LogP contribution < -0.4 is 4.72 Å². The molecule has 1 N–H and O–H groups in total. The van der Waals surface area contributed by atoms with Crippen molar-refractivity contribution in [1.29, 1.82) is 0 Å². The molecule has 3 nitrogen and oxygen atoms in total. The summed E-state index contributed by atoms with van der Waals surface area (Å²) >= 11 is 1.28. The van der Waals surface area contributed by atoms with Gasteiger partial charge in [-0.25, -0.2) is 13.1 Å². The summed E-state index contributed by atoms with van der Waals surface area (Å²) in [4.78, 5) is 0.992. The minimum absolute atomic E-state index is 0.325.